The Labute approximate surface area is 84.3 Å². The molecule has 0 aromatic rings. The Hall–Kier alpha value is -0.0400. The van der Waals surface area contributed by atoms with Gasteiger partial charge in [-0.25, -0.2) is 5.09 Å². The van der Waals surface area contributed by atoms with Crippen molar-refractivity contribution in [1.29, 1.82) is 0 Å². The second-order valence-electron chi connectivity index (χ2n) is 2.65. The van der Waals surface area contributed by atoms with Gasteiger partial charge in [-0.2, -0.15) is 0 Å². The van der Waals surface area contributed by atoms with Gasteiger partial charge in [0.15, 0.2) is 0 Å². The fraction of sp³-hybridized carbons (Fsp3) is 0.625. The van der Waals surface area contributed by atoms with E-state index in [2.05, 4.69) is 10.8 Å². The molecule has 0 heterocycles. The van der Waals surface area contributed by atoms with E-state index in [0.29, 0.717) is 12.4 Å². The van der Waals surface area contributed by atoms with E-state index in [1.807, 2.05) is 13.8 Å². The van der Waals surface area contributed by atoms with Crippen molar-refractivity contribution >= 4 is 19.1 Å². The summed E-state index contributed by atoms with van der Waals surface area (Å²) in [5, 5.41) is 2.72. The molecule has 0 aliphatic rings. The zero-order valence-electron chi connectivity index (χ0n) is 8.13. The van der Waals surface area contributed by atoms with Gasteiger partial charge in [-0.15, -0.1) is 17.3 Å². The molecule has 0 spiro atoms. The summed E-state index contributed by atoms with van der Waals surface area (Å²) in [5.41, 5.74) is 3.79. The monoisotopic (exact) mass is 223 g/mol. The van der Waals surface area contributed by atoms with Crippen LogP contribution in [0.5, 0.6) is 0 Å². The zero-order valence-corrected chi connectivity index (χ0v) is 9.78. The summed E-state index contributed by atoms with van der Waals surface area (Å²) in [6.45, 7) is 4.20. The molecule has 1 unspecified atom stereocenters. The minimum Gasteiger partial charge on any atom is -0.318 e. The van der Waals surface area contributed by atoms with Crippen LogP contribution in [-0.2, 0) is 9.09 Å². The van der Waals surface area contributed by atoms with Crippen LogP contribution in [0.1, 0.15) is 13.8 Å². The Kier molecular flexibility index (Phi) is 6.40. The lowest BCUT2D eigenvalue weighted by Gasteiger charge is -2.10. The molecule has 76 valence electrons. The average molecular weight is 224 g/mol. The van der Waals surface area contributed by atoms with Crippen LogP contribution in [0.25, 0.3) is 0 Å². The Morgan fingerprint density at radius 3 is 2.69 bits per heavy atom. The molecular weight excluding hydrogens is 209 g/mol. The van der Waals surface area contributed by atoms with Crippen molar-refractivity contribution in [2.24, 2.45) is 0 Å². The number of alkyl halides is 1. The average Bonchev–Trinajstić information content (AvgIpc) is 2.11. The lowest BCUT2D eigenvalue weighted by Crippen LogP contribution is -2.12. The van der Waals surface area contributed by atoms with E-state index in [1.165, 1.54) is 12.9 Å². The van der Waals surface area contributed by atoms with E-state index in [9.17, 15) is 4.57 Å². The summed E-state index contributed by atoms with van der Waals surface area (Å²) >= 11 is 5.45. The predicted molar refractivity (Wildman–Crippen MR) is 56.3 cm³/mol. The largest absolute Gasteiger partial charge is 0.318 e. The highest BCUT2D eigenvalue weighted by Crippen LogP contribution is 2.42. The second kappa shape index (κ2) is 6.42. The molecule has 1 N–H and O–H groups in total. The first-order valence-corrected chi connectivity index (χ1v) is 6.14. The van der Waals surface area contributed by atoms with Crippen LogP contribution in [0.2, 0.25) is 0 Å². The molecule has 0 fully saturated rings. The molecule has 0 bridgehead atoms. The number of hydrogen-bond acceptors (Lipinski definition) is 2. The maximum absolute atomic E-state index is 11.7. The highest BCUT2D eigenvalue weighted by atomic mass is 35.5. The Morgan fingerprint density at radius 2 is 2.31 bits per heavy atom. The van der Waals surface area contributed by atoms with Gasteiger partial charge in [-0.1, -0.05) is 0 Å². The number of allylic oxidation sites excluding steroid dienone is 1. The molecule has 13 heavy (non-hydrogen) atoms. The molecule has 0 rings (SSSR count). The van der Waals surface area contributed by atoms with E-state index < -0.39 is 7.52 Å². The zero-order chi connectivity index (χ0) is 10.3. The van der Waals surface area contributed by atoms with Gasteiger partial charge >= 0.3 is 0 Å². The van der Waals surface area contributed by atoms with Gasteiger partial charge in [0.1, 0.15) is 0 Å². The molecule has 3 nitrogen and oxygen atoms in total. The van der Waals surface area contributed by atoms with E-state index in [0.717, 1.165) is 5.57 Å². The number of halogens is 1. The molecule has 0 amide bonds. The Bertz CT molecular complexity index is 255. The molecule has 0 radical (unpaired) electrons. The van der Waals surface area contributed by atoms with E-state index in [1.54, 1.807) is 0 Å². The SMILES string of the molecule is COP(=O)(C=C=C(C)C)NCCCl. The number of nitrogens with one attached hydrogen (secondary N) is 1. The summed E-state index contributed by atoms with van der Waals surface area (Å²) in [6.07, 6.45) is 0. The van der Waals surface area contributed by atoms with Crippen molar-refractivity contribution in [3.63, 3.8) is 0 Å². The van der Waals surface area contributed by atoms with Gasteiger partial charge < -0.3 is 4.52 Å². The highest BCUT2D eigenvalue weighted by Gasteiger charge is 2.15. The molecule has 0 aromatic heterocycles. The lowest BCUT2D eigenvalue weighted by molar-refractivity contribution is 0.392. The smallest absolute Gasteiger partial charge is 0.299 e. The topological polar surface area (TPSA) is 38.3 Å². The van der Waals surface area contributed by atoms with Crippen LogP contribution in [0, 0.1) is 0 Å². The minimum absolute atomic E-state index is 0.399. The van der Waals surface area contributed by atoms with Gasteiger partial charge in [-0.3, -0.25) is 4.57 Å². The molecule has 0 aromatic carbocycles. The summed E-state index contributed by atoms with van der Waals surface area (Å²) in [5.74, 6) is 1.82. The van der Waals surface area contributed by atoms with Crippen molar-refractivity contribution in [3.05, 3.63) is 17.1 Å². The third-order valence-corrected chi connectivity index (χ3v) is 3.09. The fourth-order valence-electron chi connectivity index (χ4n) is 0.575. The van der Waals surface area contributed by atoms with Gasteiger partial charge in [-0.05, 0) is 19.4 Å². The quantitative estimate of drug-likeness (QED) is 0.443. The Morgan fingerprint density at radius 1 is 1.69 bits per heavy atom. The second-order valence-corrected chi connectivity index (χ2v) is 5.16. The maximum atomic E-state index is 11.7. The summed E-state index contributed by atoms with van der Waals surface area (Å²) in [6, 6.07) is 0. The van der Waals surface area contributed by atoms with Crippen LogP contribution < -0.4 is 5.09 Å². The van der Waals surface area contributed by atoms with Crippen molar-refractivity contribution in [2.75, 3.05) is 19.5 Å². The van der Waals surface area contributed by atoms with E-state index >= 15 is 0 Å². The molecular formula is C8H15ClNO2P. The predicted octanol–water partition coefficient (Wildman–Crippen LogP) is 2.73. The van der Waals surface area contributed by atoms with Crippen LogP contribution in [-0.4, -0.2) is 19.5 Å². The van der Waals surface area contributed by atoms with E-state index in [-0.39, 0.29) is 0 Å². The van der Waals surface area contributed by atoms with Crippen LogP contribution in [0.3, 0.4) is 0 Å². The molecule has 0 aliphatic heterocycles. The van der Waals surface area contributed by atoms with E-state index in [4.69, 9.17) is 16.1 Å². The van der Waals surface area contributed by atoms with Crippen molar-refractivity contribution in [2.45, 2.75) is 13.8 Å². The van der Waals surface area contributed by atoms with Gasteiger partial charge in [0.05, 0.1) is 5.82 Å². The molecule has 5 heteroatoms. The molecule has 0 saturated carbocycles. The lowest BCUT2D eigenvalue weighted by atomic mass is 10.4. The minimum atomic E-state index is -2.86. The third kappa shape index (κ3) is 6.09. The van der Waals surface area contributed by atoms with Gasteiger partial charge in [0.25, 0.3) is 7.52 Å². The number of rotatable bonds is 5. The number of hydrogen-bond donors (Lipinski definition) is 1. The first-order chi connectivity index (χ1) is 6.04. The molecule has 1 atom stereocenters. The maximum Gasteiger partial charge on any atom is 0.299 e. The molecule has 0 aliphatic carbocycles. The van der Waals surface area contributed by atoms with Gasteiger partial charge in [0, 0.05) is 19.5 Å². The van der Waals surface area contributed by atoms with Gasteiger partial charge in [0.2, 0.25) is 0 Å². The summed E-state index contributed by atoms with van der Waals surface area (Å²) in [7, 11) is -1.47. The van der Waals surface area contributed by atoms with Crippen LogP contribution in [0.15, 0.2) is 17.1 Å². The van der Waals surface area contributed by atoms with Crippen molar-refractivity contribution in [1.82, 2.24) is 5.09 Å². The van der Waals surface area contributed by atoms with Crippen molar-refractivity contribution in [3.8, 4) is 0 Å². The standard InChI is InChI=1S/C8H15ClNO2P/c1-8(2)4-7-13(11,12-3)10-6-5-9/h7H,5-6H2,1-3H3,(H,10,11). The highest BCUT2D eigenvalue weighted by molar-refractivity contribution is 7.60. The fourth-order valence-corrected chi connectivity index (χ4v) is 1.98. The molecule has 0 saturated heterocycles. The summed E-state index contributed by atoms with van der Waals surface area (Å²) in [4.78, 5) is 0. The first kappa shape index (κ1) is 13.0. The normalized spacial score (nSPS) is 14.5. The van der Waals surface area contributed by atoms with Crippen LogP contribution in [0.4, 0.5) is 0 Å². The van der Waals surface area contributed by atoms with Crippen LogP contribution >= 0.6 is 19.1 Å². The van der Waals surface area contributed by atoms with Crippen molar-refractivity contribution < 1.29 is 9.09 Å². The first-order valence-electron chi connectivity index (χ1n) is 3.91. The summed E-state index contributed by atoms with van der Waals surface area (Å²) < 4.78 is 16.6. The Balaban J connectivity index is 4.47. The third-order valence-electron chi connectivity index (χ3n) is 1.22.